The van der Waals surface area contributed by atoms with Gasteiger partial charge in [0, 0.05) is 16.7 Å². The zero-order valence-electron chi connectivity index (χ0n) is 14.6. The monoisotopic (exact) mass is 327 g/mol. The molecule has 0 saturated carbocycles. The Hall–Kier alpha value is -2.43. The number of hydrogen-bond donors (Lipinski definition) is 0. The molecule has 0 aliphatic heterocycles. The quantitative estimate of drug-likeness (QED) is 0.455. The molecule has 1 aliphatic carbocycles. The van der Waals surface area contributed by atoms with Gasteiger partial charge in [-0.2, -0.15) is 0 Å². The summed E-state index contributed by atoms with van der Waals surface area (Å²) >= 11 is 0. The Morgan fingerprint density at radius 1 is 1.21 bits per heavy atom. The molecule has 0 bridgehead atoms. The van der Waals surface area contributed by atoms with Crippen LogP contribution in [-0.2, 0) is 10.8 Å². The molecular weight excluding hydrogens is 306 g/mol. The standard InChI is InChI=1S/C19H21NO4/c1-11-13(15-7-6-12(9-21)24-15)8-14-16(17(11)20(22)23)19(4,5)10-18(14,2)3/h6-9H,10H2,1-5H3. The second-order valence-electron chi connectivity index (χ2n) is 7.84. The molecule has 0 fully saturated rings. The summed E-state index contributed by atoms with van der Waals surface area (Å²) in [5.74, 6) is 0.702. The van der Waals surface area contributed by atoms with Crippen LogP contribution in [0.4, 0.5) is 5.69 Å². The lowest BCUT2D eigenvalue weighted by Crippen LogP contribution is -2.18. The van der Waals surface area contributed by atoms with Crippen molar-refractivity contribution in [3.05, 3.63) is 50.8 Å². The Morgan fingerprint density at radius 2 is 1.88 bits per heavy atom. The molecule has 0 N–H and O–H groups in total. The minimum absolute atomic E-state index is 0.161. The van der Waals surface area contributed by atoms with Crippen LogP contribution in [0.5, 0.6) is 0 Å². The van der Waals surface area contributed by atoms with Crippen LogP contribution >= 0.6 is 0 Å². The van der Waals surface area contributed by atoms with Gasteiger partial charge in [0.2, 0.25) is 0 Å². The number of furan rings is 1. The summed E-state index contributed by atoms with van der Waals surface area (Å²) < 4.78 is 5.52. The van der Waals surface area contributed by atoms with Gasteiger partial charge in [-0.05, 0) is 47.9 Å². The van der Waals surface area contributed by atoms with Crippen molar-refractivity contribution in [1.29, 1.82) is 0 Å². The Morgan fingerprint density at radius 3 is 2.42 bits per heavy atom. The normalized spacial score (nSPS) is 17.5. The molecule has 126 valence electrons. The van der Waals surface area contributed by atoms with Gasteiger partial charge in [0.05, 0.1) is 4.92 Å². The fourth-order valence-corrected chi connectivity index (χ4v) is 4.32. The van der Waals surface area contributed by atoms with Crippen LogP contribution in [-0.4, -0.2) is 11.2 Å². The average molecular weight is 327 g/mol. The number of nitrogens with zero attached hydrogens (tertiary/aromatic N) is 1. The summed E-state index contributed by atoms with van der Waals surface area (Å²) in [4.78, 5) is 22.4. The minimum atomic E-state index is -0.287. The number of nitro benzene ring substituents is 1. The maximum atomic E-state index is 11.8. The molecule has 0 spiro atoms. The predicted molar refractivity (Wildman–Crippen MR) is 91.6 cm³/mol. The van der Waals surface area contributed by atoms with E-state index in [1.54, 1.807) is 19.1 Å². The van der Waals surface area contributed by atoms with E-state index in [9.17, 15) is 14.9 Å². The summed E-state index contributed by atoms with van der Waals surface area (Å²) in [5.41, 5.74) is 2.82. The Kier molecular flexibility index (Phi) is 3.44. The SMILES string of the molecule is Cc1c(-c2ccc(C=O)o2)cc2c(c1[N+](=O)[O-])C(C)(C)CC2(C)C. The topological polar surface area (TPSA) is 73.3 Å². The molecule has 3 rings (SSSR count). The molecule has 0 amide bonds. The maximum absolute atomic E-state index is 11.8. The fourth-order valence-electron chi connectivity index (χ4n) is 4.32. The number of rotatable bonds is 3. The molecule has 1 aromatic carbocycles. The van der Waals surface area contributed by atoms with E-state index in [-0.39, 0.29) is 27.2 Å². The van der Waals surface area contributed by atoms with Crippen molar-refractivity contribution in [2.45, 2.75) is 51.9 Å². The molecule has 1 aliphatic rings. The molecule has 5 heteroatoms. The van der Waals surface area contributed by atoms with Crippen LogP contribution in [0.3, 0.4) is 0 Å². The van der Waals surface area contributed by atoms with Gasteiger partial charge in [0.25, 0.3) is 5.69 Å². The van der Waals surface area contributed by atoms with E-state index in [4.69, 9.17) is 4.42 Å². The average Bonchev–Trinajstić information content (AvgIpc) is 2.99. The molecule has 0 unspecified atom stereocenters. The predicted octanol–water partition coefficient (Wildman–Crippen LogP) is 4.93. The molecule has 1 aromatic heterocycles. The van der Waals surface area contributed by atoms with E-state index < -0.39 is 0 Å². The molecule has 0 atom stereocenters. The second kappa shape index (κ2) is 5.03. The first-order chi connectivity index (χ1) is 11.1. The Balaban J connectivity index is 2.37. The van der Waals surface area contributed by atoms with Gasteiger partial charge in [-0.1, -0.05) is 27.7 Å². The van der Waals surface area contributed by atoms with Crippen LogP contribution in [0.1, 0.15) is 61.4 Å². The van der Waals surface area contributed by atoms with E-state index in [2.05, 4.69) is 27.7 Å². The smallest absolute Gasteiger partial charge is 0.277 e. The number of benzene rings is 1. The first-order valence-electron chi connectivity index (χ1n) is 7.97. The molecule has 0 radical (unpaired) electrons. The van der Waals surface area contributed by atoms with Crippen LogP contribution in [0.25, 0.3) is 11.3 Å². The highest BCUT2D eigenvalue weighted by molar-refractivity contribution is 5.77. The lowest BCUT2D eigenvalue weighted by atomic mass is 9.81. The van der Waals surface area contributed by atoms with Crippen LogP contribution < -0.4 is 0 Å². The van der Waals surface area contributed by atoms with E-state index in [0.29, 0.717) is 23.2 Å². The van der Waals surface area contributed by atoms with Gasteiger partial charge in [-0.3, -0.25) is 14.9 Å². The zero-order chi connectivity index (χ0) is 17.9. The Labute approximate surface area is 140 Å². The summed E-state index contributed by atoms with van der Waals surface area (Å²) in [6.07, 6.45) is 1.48. The molecule has 1 heterocycles. The second-order valence-corrected chi connectivity index (χ2v) is 7.84. The number of carbonyl (C=O) groups excluding carboxylic acids is 1. The van der Waals surface area contributed by atoms with E-state index in [0.717, 1.165) is 17.5 Å². The van der Waals surface area contributed by atoms with Crippen LogP contribution in [0, 0.1) is 17.0 Å². The molecular formula is C19H21NO4. The number of carbonyl (C=O) groups is 1. The Bertz CT molecular complexity index is 858. The minimum Gasteiger partial charge on any atom is -0.453 e. The van der Waals surface area contributed by atoms with Crippen molar-refractivity contribution < 1.29 is 14.1 Å². The third-order valence-electron chi connectivity index (χ3n) is 5.03. The number of hydrogen-bond acceptors (Lipinski definition) is 4. The van der Waals surface area contributed by atoms with E-state index >= 15 is 0 Å². The largest absolute Gasteiger partial charge is 0.453 e. The number of fused-ring (bicyclic) bond motifs is 1. The molecule has 24 heavy (non-hydrogen) atoms. The van der Waals surface area contributed by atoms with Gasteiger partial charge in [0.15, 0.2) is 12.0 Å². The first kappa shape index (κ1) is 16.4. The highest BCUT2D eigenvalue weighted by Crippen LogP contribution is 2.54. The molecule has 0 saturated heterocycles. The van der Waals surface area contributed by atoms with Gasteiger partial charge in [0.1, 0.15) is 5.76 Å². The van der Waals surface area contributed by atoms with Gasteiger partial charge in [-0.25, -0.2) is 0 Å². The lowest BCUT2D eigenvalue weighted by Gasteiger charge is -2.22. The van der Waals surface area contributed by atoms with Crippen molar-refractivity contribution in [3.8, 4) is 11.3 Å². The maximum Gasteiger partial charge on any atom is 0.277 e. The van der Waals surface area contributed by atoms with Crippen molar-refractivity contribution in [2.75, 3.05) is 0 Å². The lowest BCUT2D eigenvalue weighted by molar-refractivity contribution is -0.386. The summed E-state index contributed by atoms with van der Waals surface area (Å²) in [6.45, 7) is 10.1. The highest BCUT2D eigenvalue weighted by atomic mass is 16.6. The van der Waals surface area contributed by atoms with E-state index in [1.165, 1.54) is 0 Å². The van der Waals surface area contributed by atoms with Crippen molar-refractivity contribution in [2.24, 2.45) is 0 Å². The summed E-state index contributed by atoms with van der Waals surface area (Å²) in [7, 11) is 0. The van der Waals surface area contributed by atoms with Crippen LogP contribution in [0.15, 0.2) is 22.6 Å². The summed E-state index contributed by atoms with van der Waals surface area (Å²) in [6, 6.07) is 5.27. The number of aldehydes is 1. The first-order valence-corrected chi connectivity index (χ1v) is 7.97. The van der Waals surface area contributed by atoms with Gasteiger partial charge >= 0.3 is 0 Å². The van der Waals surface area contributed by atoms with Crippen molar-refractivity contribution >= 4 is 12.0 Å². The van der Waals surface area contributed by atoms with Gasteiger partial charge in [-0.15, -0.1) is 0 Å². The van der Waals surface area contributed by atoms with Crippen molar-refractivity contribution in [1.82, 2.24) is 0 Å². The van der Waals surface area contributed by atoms with Crippen molar-refractivity contribution in [3.63, 3.8) is 0 Å². The molecule has 5 nitrogen and oxygen atoms in total. The van der Waals surface area contributed by atoms with Gasteiger partial charge < -0.3 is 4.42 Å². The third-order valence-corrected chi connectivity index (χ3v) is 5.03. The number of nitro groups is 1. The van der Waals surface area contributed by atoms with E-state index in [1.807, 2.05) is 6.07 Å². The highest BCUT2D eigenvalue weighted by Gasteiger charge is 2.47. The zero-order valence-corrected chi connectivity index (χ0v) is 14.6. The summed E-state index contributed by atoms with van der Waals surface area (Å²) in [5, 5.41) is 11.8. The fraction of sp³-hybridized carbons (Fsp3) is 0.421. The molecule has 2 aromatic rings. The third kappa shape index (κ3) is 2.27. The van der Waals surface area contributed by atoms with Crippen LogP contribution in [0.2, 0.25) is 0 Å².